The van der Waals surface area contributed by atoms with Crippen LogP contribution in [0.3, 0.4) is 0 Å². The van der Waals surface area contributed by atoms with Gasteiger partial charge in [0, 0.05) is 25.6 Å². The third-order valence-electron chi connectivity index (χ3n) is 5.96. The Labute approximate surface area is 178 Å². The van der Waals surface area contributed by atoms with Gasteiger partial charge >= 0.3 is 5.69 Å². The van der Waals surface area contributed by atoms with E-state index in [4.69, 9.17) is 4.74 Å². The second kappa shape index (κ2) is 7.98. The summed E-state index contributed by atoms with van der Waals surface area (Å²) in [6.07, 6.45) is 1.64. The molecule has 1 saturated heterocycles. The van der Waals surface area contributed by atoms with Gasteiger partial charge in [-0.2, -0.15) is 4.39 Å². The van der Waals surface area contributed by atoms with Crippen LogP contribution in [-0.2, 0) is 16.0 Å². The molecule has 2 amide bonds. The minimum absolute atomic E-state index is 0.00995. The van der Waals surface area contributed by atoms with Crippen molar-refractivity contribution in [3.8, 4) is 5.75 Å². The fourth-order valence-electron chi connectivity index (χ4n) is 4.39. The monoisotopic (exact) mass is 427 g/mol. The lowest BCUT2D eigenvalue weighted by molar-refractivity contribution is -0.387. The van der Waals surface area contributed by atoms with Gasteiger partial charge in [0.05, 0.1) is 29.3 Å². The molecule has 1 unspecified atom stereocenters. The molecule has 0 aromatic heterocycles. The Hall–Kier alpha value is -3.49. The summed E-state index contributed by atoms with van der Waals surface area (Å²) in [6, 6.07) is 7.11. The lowest BCUT2D eigenvalue weighted by Crippen LogP contribution is -2.41. The third-order valence-corrected chi connectivity index (χ3v) is 5.96. The average molecular weight is 427 g/mol. The van der Waals surface area contributed by atoms with Crippen molar-refractivity contribution in [1.29, 1.82) is 0 Å². The summed E-state index contributed by atoms with van der Waals surface area (Å²) in [4.78, 5) is 39.3. The highest BCUT2D eigenvalue weighted by molar-refractivity contribution is 6.05. The maximum atomic E-state index is 13.7. The molecule has 2 aromatic rings. The highest BCUT2D eigenvalue weighted by atomic mass is 19.1. The van der Waals surface area contributed by atoms with Crippen LogP contribution in [0.15, 0.2) is 30.3 Å². The zero-order valence-electron chi connectivity index (χ0n) is 17.3. The van der Waals surface area contributed by atoms with Gasteiger partial charge in [-0.1, -0.05) is 6.07 Å². The molecule has 162 valence electrons. The molecule has 1 atom stereocenters. The number of fused-ring (bicyclic) bond motifs is 1. The normalized spacial score (nSPS) is 18.2. The molecule has 0 saturated carbocycles. The van der Waals surface area contributed by atoms with E-state index in [0.29, 0.717) is 12.3 Å². The number of hydrogen-bond acceptors (Lipinski definition) is 5. The summed E-state index contributed by atoms with van der Waals surface area (Å²) in [7, 11) is 1.56. The van der Waals surface area contributed by atoms with Crippen LogP contribution in [-0.4, -0.2) is 36.9 Å². The first-order valence-corrected chi connectivity index (χ1v) is 10.0. The van der Waals surface area contributed by atoms with Crippen LogP contribution < -0.4 is 14.5 Å². The second-order valence-corrected chi connectivity index (χ2v) is 7.80. The van der Waals surface area contributed by atoms with Crippen LogP contribution >= 0.6 is 0 Å². The molecule has 2 aliphatic heterocycles. The van der Waals surface area contributed by atoms with Gasteiger partial charge in [0.15, 0.2) is 0 Å². The van der Waals surface area contributed by atoms with Gasteiger partial charge in [0.25, 0.3) is 0 Å². The van der Waals surface area contributed by atoms with E-state index in [-0.39, 0.29) is 30.5 Å². The van der Waals surface area contributed by atoms with Gasteiger partial charge in [-0.05, 0) is 49.1 Å². The SMILES string of the molecule is COc1ccc(C)c2c1N(C(=O)C1CC(=O)N(c3ccc(F)c([N+](=O)[O-])c3)C1)CCC2. The van der Waals surface area contributed by atoms with Crippen molar-refractivity contribution in [3.05, 3.63) is 57.4 Å². The Morgan fingerprint density at radius 3 is 2.77 bits per heavy atom. The Kier molecular flexibility index (Phi) is 5.34. The van der Waals surface area contributed by atoms with E-state index in [2.05, 4.69) is 0 Å². The highest BCUT2D eigenvalue weighted by Crippen LogP contribution is 2.40. The molecule has 1 fully saturated rings. The molecule has 4 rings (SSSR count). The Morgan fingerprint density at radius 2 is 2.06 bits per heavy atom. The van der Waals surface area contributed by atoms with E-state index in [1.54, 1.807) is 12.0 Å². The second-order valence-electron chi connectivity index (χ2n) is 7.80. The number of methoxy groups -OCH3 is 1. The summed E-state index contributed by atoms with van der Waals surface area (Å²) in [5.41, 5.74) is 2.40. The van der Waals surface area contributed by atoms with E-state index in [1.165, 1.54) is 11.0 Å². The lowest BCUT2D eigenvalue weighted by Gasteiger charge is -2.33. The number of aryl methyl sites for hydroxylation is 1. The van der Waals surface area contributed by atoms with Crippen molar-refractivity contribution in [3.63, 3.8) is 0 Å². The van der Waals surface area contributed by atoms with Crippen molar-refractivity contribution in [2.75, 3.05) is 30.0 Å². The number of rotatable bonds is 4. The van der Waals surface area contributed by atoms with Crippen LogP contribution in [0.5, 0.6) is 5.75 Å². The molecule has 0 bridgehead atoms. The maximum absolute atomic E-state index is 13.7. The van der Waals surface area contributed by atoms with Crippen molar-refractivity contribution >= 4 is 28.9 Å². The maximum Gasteiger partial charge on any atom is 0.306 e. The molecule has 31 heavy (non-hydrogen) atoms. The number of carbonyl (C=O) groups is 2. The molecule has 9 heteroatoms. The van der Waals surface area contributed by atoms with Gasteiger partial charge in [-0.3, -0.25) is 19.7 Å². The number of nitro benzene ring substituents is 1. The van der Waals surface area contributed by atoms with E-state index in [0.717, 1.165) is 41.8 Å². The van der Waals surface area contributed by atoms with Gasteiger partial charge in [0.1, 0.15) is 5.75 Å². The van der Waals surface area contributed by atoms with E-state index in [1.807, 2.05) is 19.1 Å². The van der Waals surface area contributed by atoms with Gasteiger partial charge in [-0.15, -0.1) is 0 Å². The van der Waals surface area contributed by atoms with Crippen LogP contribution in [0.4, 0.5) is 21.5 Å². The highest BCUT2D eigenvalue weighted by Gasteiger charge is 2.40. The molecule has 8 nitrogen and oxygen atoms in total. The first kappa shape index (κ1) is 20.8. The first-order chi connectivity index (χ1) is 14.8. The first-order valence-electron chi connectivity index (χ1n) is 10.0. The van der Waals surface area contributed by atoms with Crippen LogP contribution in [0.2, 0.25) is 0 Å². The Bertz CT molecular complexity index is 1090. The lowest BCUT2D eigenvalue weighted by atomic mass is 9.94. The number of benzene rings is 2. The van der Waals surface area contributed by atoms with Crippen LogP contribution in [0.25, 0.3) is 0 Å². The zero-order chi connectivity index (χ0) is 22.3. The molecule has 0 radical (unpaired) electrons. The largest absolute Gasteiger partial charge is 0.495 e. The molecular weight excluding hydrogens is 405 g/mol. The number of carbonyl (C=O) groups excluding carboxylic acids is 2. The van der Waals surface area contributed by atoms with E-state index < -0.39 is 22.3 Å². The molecular formula is C22H22FN3O5. The molecule has 0 aliphatic carbocycles. The standard InChI is InChI=1S/C22H22FN3O5/c1-13-5-8-19(31-2)21-16(13)4-3-9-24(21)22(28)14-10-20(27)25(12-14)15-6-7-17(23)18(11-15)26(29)30/h5-8,11,14H,3-4,9-10,12H2,1-2H3. The summed E-state index contributed by atoms with van der Waals surface area (Å²) in [5, 5.41) is 11.0. The number of nitro groups is 1. The van der Waals surface area contributed by atoms with Crippen LogP contribution in [0, 0.1) is 28.8 Å². The predicted octanol–water partition coefficient (Wildman–Crippen LogP) is 3.38. The summed E-state index contributed by atoms with van der Waals surface area (Å²) >= 11 is 0. The Balaban J connectivity index is 1.62. The zero-order valence-corrected chi connectivity index (χ0v) is 17.3. The fourth-order valence-corrected chi connectivity index (χ4v) is 4.39. The summed E-state index contributed by atoms with van der Waals surface area (Å²) in [5.74, 6) is -1.47. The number of halogens is 1. The molecule has 2 aliphatic rings. The quantitative estimate of drug-likeness (QED) is 0.551. The number of nitrogens with zero attached hydrogens (tertiary/aromatic N) is 3. The topological polar surface area (TPSA) is 93.0 Å². The van der Waals surface area contributed by atoms with Gasteiger partial charge in [-0.25, -0.2) is 0 Å². The van der Waals surface area contributed by atoms with E-state index >= 15 is 0 Å². The van der Waals surface area contributed by atoms with E-state index in [9.17, 15) is 24.1 Å². The average Bonchev–Trinajstić information content (AvgIpc) is 3.15. The molecule has 2 heterocycles. The number of anilines is 2. The minimum atomic E-state index is -0.972. The van der Waals surface area contributed by atoms with Crippen molar-refractivity contribution in [2.45, 2.75) is 26.2 Å². The number of amides is 2. The predicted molar refractivity (Wildman–Crippen MR) is 112 cm³/mol. The van der Waals surface area contributed by atoms with Gasteiger partial charge < -0.3 is 14.5 Å². The summed E-state index contributed by atoms with van der Waals surface area (Å²) < 4.78 is 19.2. The third kappa shape index (κ3) is 3.60. The number of ether oxygens (including phenoxy) is 1. The van der Waals surface area contributed by atoms with Gasteiger partial charge in [0.2, 0.25) is 17.6 Å². The Morgan fingerprint density at radius 1 is 1.29 bits per heavy atom. The van der Waals surface area contributed by atoms with Crippen molar-refractivity contribution < 1.29 is 23.6 Å². The molecule has 0 spiro atoms. The summed E-state index contributed by atoms with van der Waals surface area (Å²) in [6.45, 7) is 2.60. The van der Waals surface area contributed by atoms with Crippen molar-refractivity contribution in [1.82, 2.24) is 0 Å². The molecule has 2 aromatic carbocycles. The number of hydrogen-bond donors (Lipinski definition) is 0. The smallest absolute Gasteiger partial charge is 0.306 e. The van der Waals surface area contributed by atoms with Crippen molar-refractivity contribution in [2.24, 2.45) is 5.92 Å². The van der Waals surface area contributed by atoms with Crippen LogP contribution in [0.1, 0.15) is 24.0 Å². The fraction of sp³-hybridized carbons (Fsp3) is 0.364. The minimum Gasteiger partial charge on any atom is -0.495 e. The molecule has 0 N–H and O–H groups in total.